The van der Waals surface area contributed by atoms with E-state index >= 15 is 0 Å². The minimum atomic E-state index is -0.919. The summed E-state index contributed by atoms with van der Waals surface area (Å²) in [4.78, 5) is 17.8. The molecule has 3 aromatic rings. The molecule has 35 heavy (non-hydrogen) atoms. The zero-order valence-corrected chi connectivity index (χ0v) is 21.0. The van der Waals surface area contributed by atoms with E-state index < -0.39 is 23.0 Å². The molecule has 4 rings (SSSR count). The highest BCUT2D eigenvalue weighted by Crippen LogP contribution is 2.31. The standard InChI is InChI=1S/C26H30ClF2N5O/c1-4-12-33(14-17-8-9-17)16-24-31-30-23(15-32(2)3)34(24)22-11-10-18(27)13-19(22)26(35)25-20(28)6-5-7-21(25)29/h5-7,10-11,13,17H,4,8-9,12,14-16H2,1-3H3. The molecule has 0 bridgehead atoms. The van der Waals surface area contributed by atoms with E-state index in [4.69, 9.17) is 11.6 Å². The summed E-state index contributed by atoms with van der Waals surface area (Å²) < 4.78 is 30.9. The molecule has 9 heteroatoms. The number of carbonyl (C=O) groups excluding carboxylic acids is 1. The van der Waals surface area contributed by atoms with Crippen LogP contribution in [0.15, 0.2) is 36.4 Å². The van der Waals surface area contributed by atoms with Crippen molar-refractivity contribution in [2.45, 2.75) is 39.3 Å². The Morgan fingerprint density at radius 2 is 1.74 bits per heavy atom. The number of nitrogens with zero attached hydrogens (tertiary/aromatic N) is 5. The lowest BCUT2D eigenvalue weighted by atomic mass is 10.00. The predicted octanol–water partition coefficient (Wildman–Crippen LogP) is 5.11. The highest BCUT2D eigenvalue weighted by Gasteiger charge is 2.28. The molecule has 1 aliphatic carbocycles. The van der Waals surface area contributed by atoms with Gasteiger partial charge in [-0.1, -0.05) is 24.6 Å². The molecule has 186 valence electrons. The highest BCUT2D eigenvalue weighted by atomic mass is 35.5. The van der Waals surface area contributed by atoms with Crippen LogP contribution in [0.2, 0.25) is 5.02 Å². The van der Waals surface area contributed by atoms with Crippen molar-refractivity contribution in [2.75, 3.05) is 27.2 Å². The molecule has 1 aliphatic rings. The summed E-state index contributed by atoms with van der Waals surface area (Å²) in [6, 6.07) is 8.16. The molecule has 1 fully saturated rings. The number of hydrogen-bond donors (Lipinski definition) is 0. The molecular weight excluding hydrogens is 472 g/mol. The minimum Gasteiger partial charge on any atom is -0.302 e. The summed E-state index contributed by atoms with van der Waals surface area (Å²) in [7, 11) is 3.83. The second-order valence-electron chi connectivity index (χ2n) is 9.37. The molecule has 1 aromatic heterocycles. The Morgan fingerprint density at radius 3 is 2.34 bits per heavy atom. The van der Waals surface area contributed by atoms with Gasteiger partial charge in [0, 0.05) is 17.1 Å². The average molecular weight is 502 g/mol. The fourth-order valence-corrected chi connectivity index (χ4v) is 4.44. The van der Waals surface area contributed by atoms with Crippen molar-refractivity contribution in [3.63, 3.8) is 0 Å². The third kappa shape index (κ3) is 5.94. The van der Waals surface area contributed by atoms with E-state index in [1.54, 1.807) is 12.1 Å². The lowest BCUT2D eigenvalue weighted by Gasteiger charge is -2.23. The summed E-state index contributed by atoms with van der Waals surface area (Å²) in [5.74, 6) is -0.624. The van der Waals surface area contributed by atoms with Gasteiger partial charge in [0.05, 0.1) is 24.3 Å². The Labute approximate surface area is 209 Å². The van der Waals surface area contributed by atoms with E-state index in [9.17, 15) is 13.6 Å². The van der Waals surface area contributed by atoms with E-state index in [-0.39, 0.29) is 5.56 Å². The summed E-state index contributed by atoms with van der Waals surface area (Å²) in [5, 5.41) is 9.19. The second kappa shape index (κ2) is 10.9. The average Bonchev–Trinajstić information content (AvgIpc) is 3.53. The van der Waals surface area contributed by atoms with Gasteiger partial charge in [-0.2, -0.15) is 0 Å². The molecule has 0 aliphatic heterocycles. The van der Waals surface area contributed by atoms with E-state index in [0.29, 0.717) is 41.4 Å². The lowest BCUT2D eigenvalue weighted by Crippen LogP contribution is -2.28. The zero-order valence-electron chi connectivity index (χ0n) is 20.3. The third-order valence-electron chi connectivity index (χ3n) is 6.01. The summed E-state index contributed by atoms with van der Waals surface area (Å²) in [6.45, 7) is 5.06. The van der Waals surface area contributed by atoms with Crippen molar-refractivity contribution in [3.8, 4) is 5.69 Å². The number of carbonyl (C=O) groups is 1. The minimum absolute atomic E-state index is 0.0896. The maximum absolute atomic E-state index is 14.5. The summed E-state index contributed by atoms with van der Waals surface area (Å²) in [6.07, 6.45) is 3.48. The van der Waals surface area contributed by atoms with Crippen LogP contribution in [0.1, 0.15) is 53.8 Å². The van der Waals surface area contributed by atoms with Crippen LogP contribution in [-0.2, 0) is 13.1 Å². The number of benzene rings is 2. The number of hydrogen-bond acceptors (Lipinski definition) is 5. The van der Waals surface area contributed by atoms with Crippen LogP contribution in [-0.4, -0.2) is 57.5 Å². The van der Waals surface area contributed by atoms with Crippen molar-refractivity contribution >= 4 is 17.4 Å². The third-order valence-corrected chi connectivity index (χ3v) is 6.24. The van der Waals surface area contributed by atoms with E-state index in [0.717, 1.165) is 31.6 Å². The van der Waals surface area contributed by atoms with Crippen LogP contribution in [0.4, 0.5) is 8.78 Å². The van der Waals surface area contributed by atoms with Crippen LogP contribution >= 0.6 is 11.6 Å². The number of ketones is 1. The van der Waals surface area contributed by atoms with Crippen molar-refractivity contribution in [2.24, 2.45) is 5.92 Å². The van der Waals surface area contributed by atoms with Gasteiger partial charge in [-0.05, 0) is 76.2 Å². The Bertz CT molecular complexity index is 1190. The summed E-state index contributed by atoms with van der Waals surface area (Å²) >= 11 is 6.25. The SMILES string of the molecule is CCCN(Cc1nnc(CN(C)C)n1-c1ccc(Cl)cc1C(=O)c1c(F)cccc1F)CC1CC1. The van der Waals surface area contributed by atoms with Crippen LogP contribution in [0, 0.1) is 17.6 Å². The zero-order chi connectivity index (χ0) is 25.1. The molecule has 6 nitrogen and oxygen atoms in total. The fourth-order valence-electron chi connectivity index (χ4n) is 4.27. The molecule has 0 saturated heterocycles. The van der Waals surface area contributed by atoms with Crippen molar-refractivity contribution in [1.82, 2.24) is 24.6 Å². The van der Waals surface area contributed by atoms with Crippen LogP contribution in [0.3, 0.4) is 0 Å². The molecule has 1 saturated carbocycles. The van der Waals surface area contributed by atoms with Crippen molar-refractivity contribution < 1.29 is 13.6 Å². The first kappa shape index (κ1) is 25.4. The van der Waals surface area contributed by atoms with Crippen molar-refractivity contribution in [3.05, 3.63) is 75.8 Å². The van der Waals surface area contributed by atoms with Gasteiger partial charge < -0.3 is 4.90 Å². The smallest absolute Gasteiger partial charge is 0.201 e. The molecule has 0 unspecified atom stereocenters. The van der Waals surface area contributed by atoms with Gasteiger partial charge in [0.25, 0.3) is 0 Å². The van der Waals surface area contributed by atoms with Crippen LogP contribution in [0.25, 0.3) is 5.69 Å². The van der Waals surface area contributed by atoms with Crippen LogP contribution < -0.4 is 0 Å². The molecule has 0 N–H and O–H groups in total. The Kier molecular flexibility index (Phi) is 7.94. The largest absolute Gasteiger partial charge is 0.302 e. The first-order valence-electron chi connectivity index (χ1n) is 11.9. The van der Waals surface area contributed by atoms with Gasteiger partial charge in [-0.3, -0.25) is 14.3 Å². The fraction of sp³-hybridized carbons (Fsp3) is 0.423. The molecule has 1 heterocycles. The quantitative estimate of drug-likeness (QED) is 0.342. The molecule has 0 amide bonds. The normalized spacial score (nSPS) is 13.7. The number of halogens is 3. The van der Waals surface area contributed by atoms with Gasteiger partial charge in [-0.25, -0.2) is 8.78 Å². The van der Waals surface area contributed by atoms with Gasteiger partial charge in [0.1, 0.15) is 11.6 Å². The lowest BCUT2D eigenvalue weighted by molar-refractivity contribution is 0.103. The van der Waals surface area contributed by atoms with E-state index in [2.05, 4.69) is 22.0 Å². The topological polar surface area (TPSA) is 54.3 Å². The van der Waals surface area contributed by atoms with Gasteiger partial charge >= 0.3 is 0 Å². The Hall–Kier alpha value is -2.68. The summed E-state index contributed by atoms with van der Waals surface area (Å²) in [5.41, 5.74) is -0.0743. The molecule has 0 radical (unpaired) electrons. The van der Waals surface area contributed by atoms with Gasteiger partial charge in [-0.15, -0.1) is 10.2 Å². The van der Waals surface area contributed by atoms with Crippen molar-refractivity contribution in [1.29, 1.82) is 0 Å². The van der Waals surface area contributed by atoms with Gasteiger partial charge in [0.2, 0.25) is 5.78 Å². The number of aromatic nitrogens is 3. The molecule has 0 atom stereocenters. The molecule has 2 aromatic carbocycles. The first-order chi connectivity index (χ1) is 16.8. The van der Waals surface area contributed by atoms with E-state index in [1.807, 2.05) is 23.6 Å². The molecule has 0 spiro atoms. The predicted molar refractivity (Wildman–Crippen MR) is 132 cm³/mol. The highest BCUT2D eigenvalue weighted by molar-refractivity contribution is 6.31. The molecular formula is C26H30ClF2N5O. The maximum atomic E-state index is 14.5. The maximum Gasteiger partial charge on any atom is 0.201 e. The van der Waals surface area contributed by atoms with Gasteiger partial charge in [0.15, 0.2) is 11.6 Å². The Morgan fingerprint density at radius 1 is 1.09 bits per heavy atom. The first-order valence-corrected chi connectivity index (χ1v) is 12.2. The van der Waals surface area contributed by atoms with Crippen LogP contribution in [0.5, 0.6) is 0 Å². The Balaban J connectivity index is 1.82. The number of rotatable bonds is 11. The monoisotopic (exact) mass is 501 g/mol. The second-order valence-corrected chi connectivity index (χ2v) is 9.81. The van der Waals surface area contributed by atoms with E-state index in [1.165, 1.54) is 25.0 Å².